The van der Waals surface area contributed by atoms with Crippen LogP contribution in [0.25, 0.3) is 0 Å². The van der Waals surface area contributed by atoms with Crippen LogP contribution in [0.1, 0.15) is 17.0 Å². The standard InChI is InChI=1S/C20H20ClN3O5S2/c1-29-19(28)23-5-4-20(10-23)11-24(14-3-2-12(21)6-13(14)20)16(25)7-15-22-8-18(31-15)30-9-17(26)27/h2-3,6,8H,4-5,7,9-11H2,1H3,(H,26,27). The van der Waals surface area contributed by atoms with Crippen molar-refractivity contribution in [3.8, 4) is 0 Å². The fourth-order valence-corrected chi connectivity index (χ4v) is 6.07. The number of nitrogens with zero attached hydrogens (tertiary/aromatic N) is 3. The Balaban J connectivity index is 1.54. The number of amides is 2. The molecule has 1 spiro atoms. The number of likely N-dealkylation sites (tertiary alicyclic amines) is 1. The zero-order valence-electron chi connectivity index (χ0n) is 16.7. The number of aromatic nitrogens is 1. The Hall–Kier alpha value is -2.30. The topological polar surface area (TPSA) is 100 Å². The minimum atomic E-state index is -0.897. The van der Waals surface area contributed by atoms with Gasteiger partial charge in [0.2, 0.25) is 5.91 Å². The summed E-state index contributed by atoms with van der Waals surface area (Å²) in [4.78, 5) is 43.7. The number of thioether (sulfide) groups is 1. The normalized spacial score (nSPS) is 19.7. The summed E-state index contributed by atoms with van der Waals surface area (Å²) in [6.07, 6.45) is 2.06. The van der Waals surface area contributed by atoms with Crippen molar-refractivity contribution in [2.45, 2.75) is 22.5 Å². The van der Waals surface area contributed by atoms with Crippen LogP contribution in [0, 0.1) is 0 Å². The molecular formula is C20H20ClN3O5S2. The number of benzene rings is 1. The molecule has 1 unspecified atom stereocenters. The van der Waals surface area contributed by atoms with E-state index >= 15 is 0 Å². The summed E-state index contributed by atoms with van der Waals surface area (Å²) in [6, 6.07) is 5.49. The molecule has 1 fully saturated rings. The number of fused-ring (bicyclic) bond motifs is 2. The summed E-state index contributed by atoms with van der Waals surface area (Å²) in [5.41, 5.74) is 1.39. The largest absolute Gasteiger partial charge is 0.481 e. The van der Waals surface area contributed by atoms with Crippen molar-refractivity contribution in [3.63, 3.8) is 0 Å². The van der Waals surface area contributed by atoms with E-state index in [-0.39, 0.29) is 29.6 Å². The quantitative estimate of drug-likeness (QED) is 0.654. The van der Waals surface area contributed by atoms with Crippen molar-refractivity contribution in [2.75, 3.05) is 37.4 Å². The maximum atomic E-state index is 13.2. The lowest BCUT2D eigenvalue weighted by Crippen LogP contribution is -2.40. The van der Waals surface area contributed by atoms with Gasteiger partial charge in [-0.3, -0.25) is 9.59 Å². The van der Waals surface area contributed by atoms with Gasteiger partial charge in [0.05, 0.1) is 29.7 Å². The highest BCUT2D eigenvalue weighted by molar-refractivity contribution is 8.01. The fraction of sp³-hybridized carbons (Fsp3) is 0.400. The molecule has 8 nitrogen and oxygen atoms in total. The number of ether oxygens (including phenoxy) is 1. The number of carboxylic acid groups (broad SMARTS) is 1. The van der Waals surface area contributed by atoms with E-state index in [1.807, 2.05) is 12.1 Å². The number of hydrogen-bond donors (Lipinski definition) is 1. The van der Waals surface area contributed by atoms with Crippen LogP contribution in [-0.4, -0.2) is 65.5 Å². The van der Waals surface area contributed by atoms with E-state index in [1.54, 1.807) is 22.1 Å². The molecule has 1 aromatic carbocycles. The number of anilines is 1. The second kappa shape index (κ2) is 8.68. The lowest BCUT2D eigenvalue weighted by molar-refractivity contribution is -0.133. The first-order valence-electron chi connectivity index (χ1n) is 9.54. The monoisotopic (exact) mass is 481 g/mol. The van der Waals surface area contributed by atoms with Crippen molar-refractivity contribution < 1.29 is 24.2 Å². The Morgan fingerprint density at radius 2 is 2.16 bits per heavy atom. The van der Waals surface area contributed by atoms with Crippen molar-refractivity contribution in [2.24, 2.45) is 0 Å². The van der Waals surface area contributed by atoms with E-state index in [2.05, 4.69) is 4.98 Å². The minimum absolute atomic E-state index is 0.0466. The van der Waals surface area contributed by atoms with Crippen LogP contribution in [0.15, 0.2) is 28.6 Å². The first-order chi connectivity index (χ1) is 14.8. The first-order valence-corrected chi connectivity index (χ1v) is 11.7. The van der Waals surface area contributed by atoms with E-state index in [0.29, 0.717) is 36.1 Å². The van der Waals surface area contributed by atoms with Crippen LogP contribution in [0.2, 0.25) is 5.02 Å². The second-order valence-electron chi connectivity index (χ2n) is 7.50. The molecule has 0 radical (unpaired) electrons. The molecule has 31 heavy (non-hydrogen) atoms. The second-order valence-corrected chi connectivity index (χ2v) is 10.3. The van der Waals surface area contributed by atoms with Crippen molar-refractivity contribution in [3.05, 3.63) is 40.0 Å². The van der Waals surface area contributed by atoms with Crippen LogP contribution >= 0.6 is 34.7 Å². The van der Waals surface area contributed by atoms with Gasteiger partial charge in [-0.1, -0.05) is 11.6 Å². The van der Waals surface area contributed by atoms with E-state index in [0.717, 1.165) is 15.5 Å². The van der Waals surface area contributed by atoms with Gasteiger partial charge in [-0.25, -0.2) is 9.78 Å². The minimum Gasteiger partial charge on any atom is -0.481 e. The molecule has 3 heterocycles. The van der Waals surface area contributed by atoms with Gasteiger partial charge < -0.3 is 19.6 Å². The van der Waals surface area contributed by atoms with Gasteiger partial charge in [0.15, 0.2) is 0 Å². The van der Waals surface area contributed by atoms with E-state index in [9.17, 15) is 14.4 Å². The number of thiazole rings is 1. The molecule has 2 aromatic rings. The maximum Gasteiger partial charge on any atom is 0.409 e. The van der Waals surface area contributed by atoms with E-state index in [1.165, 1.54) is 30.2 Å². The van der Waals surface area contributed by atoms with Gasteiger partial charge in [-0.2, -0.15) is 0 Å². The molecule has 0 aliphatic carbocycles. The van der Waals surface area contributed by atoms with Gasteiger partial charge in [0.25, 0.3) is 0 Å². The zero-order chi connectivity index (χ0) is 22.2. The SMILES string of the molecule is COC(=O)N1CCC2(C1)CN(C(=O)Cc1ncc(SCC(=O)O)s1)c1ccc(Cl)cc12. The average molecular weight is 482 g/mol. The molecule has 2 aliphatic rings. The average Bonchev–Trinajstić information content (AvgIpc) is 3.45. The van der Waals surface area contributed by atoms with Gasteiger partial charge >= 0.3 is 12.1 Å². The smallest absolute Gasteiger partial charge is 0.409 e. The molecule has 0 saturated carbocycles. The summed E-state index contributed by atoms with van der Waals surface area (Å²) < 4.78 is 5.64. The highest BCUT2D eigenvalue weighted by atomic mass is 35.5. The van der Waals surface area contributed by atoms with Crippen LogP contribution in [-0.2, 0) is 26.2 Å². The van der Waals surface area contributed by atoms with Crippen molar-refractivity contribution in [1.82, 2.24) is 9.88 Å². The number of carboxylic acids is 1. The van der Waals surface area contributed by atoms with Crippen LogP contribution in [0.4, 0.5) is 10.5 Å². The number of hydrogen-bond acceptors (Lipinski definition) is 7. The summed E-state index contributed by atoms with van der Waals surface area (Å²) in [5.74, 6) is -1.04. The summed E-state index contributed by atoms with van der Waals surface area (Å²) in [6.45, 7) is 1.47. The predicted molar refractivity (Wildman–Crippen MR) is 118 cm³/mol. The third-order valence-electron chi connectivity index (χ3n) is 5.54. The number of carbonyl (C=O) groups excluding carboxylic acids is 2. The lowest BCUT2D eigenvalue weighted by Gasteiger charge is -2.25. The molecule has 11 heteroatoms. The third kappa shape index (κ3) is 4.37. The Kier molecular flexibility index (Phi) is 6.14. The Morgan fingerprint density at radius 3 is 2.90 bits per heavy atom. The molecule has 1 atom stereocenters. The fourth-order valence-electron chi connectivity index (χ4n) is 4.17. The maximum absolute atomic E-state index is 13.2. The molecule has 1 saturated heterocycles. The van der Waals surface area contributed by atoms with Crippen LogP contribution in [0.5, 0.6) is 0 Å². The summed E-state index contributed by atoms with van der Waals surface area (Å²) in [7, 11) is 1.36. The van der Waals surface area contributed by atoms with Gasteiger partial charge in [-0.15, -0.1) is 23.1 Å². The van der Waals surface area contributed by atoms with Crippen molar-refractivity contribution >= 4 is 58.4 Å². The van der Waals surface area contributed by atoms with Crippen molar-refractivity contribution in [1.29, 1.82) is 0 Å². The van der Waals surface area contributed by atoms with E-state index in [4.69, 9.17) is 21.4 Å². The highest BCUT2D eigenvalue weighted by Gasteiger charge is 2.50. The first kappa shape index (κ1) is 21.9. The summed E-state index contributed by atoms with van der Waals surface area (Å²) in [5, 5.41) is 10.0. The number of rotatable bonds is 5. The molecule has 164 valence electrons. The lowest BCUT2D eigenvalue weighted by atomic mass is 9.81. The highest BCUT2D eigenvalue weighted by Crippen LogP contribution is 2.47. The third-order valence-corrected chi connectivity index (χ3v) is 7.95. The van der Waals surface area contributed by atoms with Crippen LogP contribution in [0.3, 0.4) is 0 Å². The van der Waals surface area contributed by atoms with E-state index < -0.39 is 5.97 Å². The van der Waals surface area contributed by atoms with Gasteiger partial charge in [-0.05, 0) is 30.2 Å². The Labute approximate surface area is 192 Å². The molecule has 0 bridgehead atoms. The predicted octanol–water partition coefficient (Wildman–Crippen LogP) is 3.27. The molecule has 2 aliphatic heterocycles. The zero-order valence-corrected chi connectivity index (χ0v) is 19.1. The molecule has 1 aromatic heterocycles. The Morgan fingerprint density at radius 1 is 1.35 bits per heavy atom. The van der Waals surface area contributed by atoms with Gasteiger partial charge in [0, 0.05) is 35.8 Å². The molecular weight excluding hydrogens is 462 g/mol. The van der Waals surface area contributed by atoms with Crippen LogP contribution < -0.4 is 4.90 Å². The number of aliphatic carboxylic acids is 1. The number of methoxy groups -OCH3 is 1. The number of halogens is 1. The molecule has 1 N–H and O–H groups in total. The van der Waals surface area contributed by atoms with Gasteiger partial charge in [0.1, 0.15) is 5.01 Å². The molecule has 2 amide bonds. The number of carbonyl (C=O) groups is 3. The Bertz CT molecular complexity index is 1050. The summed E-state index contributed by atoms with van der Waals surface area (Å²) >= 11 is 8.78. The molecule has 4 rings (SSSR count).